The number of carbonyl (C=O) groups is 2. The molecule has 1 heterocycles. The van der Waals surface area contributed by atoms with Gasteiger partial charge >= 0.3 is 6.18 Å². The van der Waals surface area contributed by atoms with Gasteiger partial charge in [-0.3, -0.25) is 9.59 Å². The van der Waals surface area contributed by atoms with E-state index in [9.17, 15) is 22.8 Å². The molecule has 2 amide bonds. The topological polar surface area (TPSA) is 66.8 Å². The molecule has 5 nitrogen and oxygen atoms in total. The lowest BCUT2D eigenvalue weighted by molar-refractivity contribution is -0.342. The monoisotopic (exact) mass is 213 g/mol. The molecule has 1 saturated heterocycles. The lowest BCUT2D eigenvalue weighted by atomic mass is 10.4. The van der Waals surface area contributed by atoms with Crippen LogP contribution >= 0.6 is 0 Å². The Morgan fingerprint density at radius 1 is 1.29 bits per heavy atom. The lowest BCUT2D eigenvalue weighted by Gasteiger charge is -2.19. The summed E-state index contributed by atoms with van der Waals surface area (Å²) < 4.78 is 35.2. The summed E-state index contributed by atoms with van der Waals surface area (Å²) in [5, 5.41) is 8.33. The van der Waals surface area contributed by atoms with E-state index in [0.717, 1.165) is 0 Å². The number of hydrogen-bond acceptors (Lipinski definition) is 4. The maximum Gasteiger partial charge on any atom is 0.442 e. The van der Waals surface area contributed by atoms with Gasteiger partial charge in [0.25, 0.3) is 18.1 Å². The number of nitrogens with zero attached hydrogens (tertiary/aromatic N) is 1. The third-order valence-electron chi connectivity index (χ3n) is 1.49. The van der Waals surface area contributed by atoms with Crippen molar-refractivity contribution in [2.24, 2.45) is 0 Å². The van der Waals surface area contributed by atoms with Gasteiger partial charge in [-0.15, -0.1) is 0 Å². The standard InChI is InChI=1S/C6H6F3NO4/c7-6(8,9)5(13)14-10-3(11)1-2-4(10)12/h5,13H,1-2H2. The van der Waals surface area contributed by atoms with E-state index >= 15 is 0 Å². The molecule has 0 aromatic carbocycles. The highest BCUT2D eigenvalue weighted by Crippen LogP contribution is 2.23. The number of hydrogen-bond donors (Lipinski definition) is 1. The second kappa shape index (κ2) is 3.54. The third-order valence-corrected chi connectivity index (χ3v) is 1.49. The van der Waals surface area contributed by atoms with Crippen molar-refractivity contribution in [1.29, 1.82) is 0 Å². The van der Waals surface area contributed by atoms with E-state index in [2.05, 4.69) is 4.84 Å². The van der Waals surface area contributed by atoms with Crippen LogP contribution in [0.25, 0.3) is 0 Å². The van der Waals surface area contributed by atoms with Gasteiger partial charge in [-0.1, -0.05) is 0 Å². The number of alkyl halides is 3. The van der Waals surface area contributed by atoms with Crippen LogP contribution in [0.15, 0.2) is 0 Å². The summed E-state index contributed by atoms with van der Waals surface area (Å²) >= 11 is 0. The molecule has 8 heteroatoms. The number of imide groups is 1. The molecule has 0 radical (unpaired) electrons. The summed E-state index contributed by atoms with van der Waals surface area (Å²) in [7, 11) is 0. The molecule has 0 aliphatic carbocycles. The van der Waals surface area contributed by atoms with Crippen LogP contribution in [-0.2, 0) is 14.4 Å². The quantitative estimate of drug-likeness (QED) is 0.515. The van der Waals surface area contributed by atoms with Crippen molar-refractivity contribution in [3.63, 3.8) is 0 Å². The molecule has 1 N–H and O–H groups in total. The van der Waals surface area contributed by atoms with E-state index in [4.69, 9.17) is 5.11 Å². The average molecular weight is 213 g/mol. The molecule has 1 atom stereocenters. The van der Waals surface area contributed by atoms with Gasteiger partial charge in [0.2, 0.25) is 0 Å². The van der Waals surface area contributed by atoms with Crippen LogP contribution in [0, 0.1) is 0 Å². The summed E-state index contributed by atoms with van der Waals surface area (Å²) in [6, 6.07) is 0. The average Bonchev–Trinajstić information content (AvgIpc) is 2.34. The van der Waals surface area contributed by atoms with Crippen molar-refractivity contribution in [3.8, 4) is 0 Å². The van der Waals surface area contributed by atoms with E-state index in [0.29, 0.717) is 0 Å². The largest absolute Gasteiger partial charge is 0.442 e. The Balaban J connectivity index is 2.60. The Morgan fingerprint density at radius 2 is 1.71 bits per heavy atom. The van der Waals surface area contributed by atoms with Gasteiger partial charge in [-0.2, -0.15) is 18.2 Å². The van der Waals surface area contributed by atoms with Gasteiger partial charge in [0.05, 0.1) is 0 Å². The van der Waals surface area contributed by atoms with E-state index in [1.54, 1.807) is 0 Å². The van der Waals surface area contributed by atoms with Crippen LogP contribution < -0.4 is 0 Å². The highest BCUT2D eigenvalue weighted by Gasteiger charge is 2.44. The van der Waals surface area contributed by atoms with Gasteiger partial charge in [0.1, 0.15) is 0 Å². The first-order valence-corrected chi connectivity index (χ1v) is 3.59. The van der Waals surface area contributed by atoms with Crippen LogP contribution in [0.2, 0.25) is 0 Å². The second-order valence-electron chi connectivity index (χ2n) is 2.58. The summed E-state index contributed by atoms with van der Waals surface area (Å²) in [4.78, 5) is 25.3. The number of carbonyl (C=O) groups excluding carboxylic acids is 2. The first kappa shape index (κ1) is 10.9. The number of halogens is 3. The van der Waals surface area contributed by atoms with Crippen molar-refractivity contribution in [2.45, 2.75) is 25.3 Å². The molecule has 1 aliphatic rings. The molecule has 0 saturated carbocycles. The summed E-state index contributed by atoms with van der Waals surface area (Å²) in [5.41, 5.74) is 0. The molecule has 1 fully saturated rings. The fourth-order valence-electron chi connectivity index (χ4n) is 0.833. The van der Waals surface area contributed by atoms with Gasteiger partial charge in [0.15, 0.2) is 0 Å². The SMILES string of the molecule is O=C1CCC(=O)N1OC(O)C(F)(F)F. The number of amides is 2. The zero-order valence-electron chi connectivity index (χ0n) is 6.74. The van der Waals surface area contributed by atoms with Crippen molar-refractivity contribution in [3.05, 3.63) is 0 Å². The van der Waals surface area contributed by atoms with Gasteiger partial charge in [-0.05, 0) is 0 Å². The Labute approximate surface area is 76.0 Å². The Kier molecular flexibility index (Phi) is 2.76. The van der Waals surface area contributed by atoms with Gasteiger partial charge < -0.3 is 5.11 Å². The molecule has 1 rings (SSSR count). The smallest absolute Gasteiger partial charge is 0.359 e. The highest BCUT2D eigenvalue weighted by atomic mass is 19.4. The normalized spacial score (nSPS) is 20.4. The van der Waals surface area contributed by atoms with Crippen LogP contribution in [0.3, 0.4) is 0 Å². The second-order valence-corrected chi connectivity index (χ2v) is 2.58. The molecule has 1 aliphatic heterocycles. The predicted octanol–water partition coefficient (Wildman–Crippen LogP) is -0.0523. The molecule has 0 aromatic rings. The third kappa shape index (κ3) is 2.20. The Bertz CT molecular complexity index is 248. The predicted molar refractivity (Wildman–Crippen MR) is 34.2 cm³/mol. The summed E-state index contributed by atoms with van der Waals surface area (Å²) in [6.45, 7) is 0. The van der Waals surface area contributed by atoms with Crippen LogP contribution in [-0.4, -0.2) is 34.5 Å². The molecule has 14 heavy (non-hydrogen) atoms. The van der Waals surface area contributed by atoms with E-state index in [1.807, 2.05) is 0 Å². The highest BCUT2D eigenvalue weighted by molar-refractivity contribution is 6.00. The van der Waals surface area contributed by atoms with Gasteiger partial charge in [-0.25, -0.2) is 4.84 Å². The number of aliphatic hydroxyl groups is 1. The summed E-state index contributed by atoms with van der Waals surface area (Å²) in [5.74, 6) is -1.78. The first-order chi connectivity index (χ1) is 6.32. The molecule has 0 aromatic heterocycles. The Morgan fingerprint density at radius 3 is 2.07 bits per heavy atom. The van der Waals surface area contributed by atoms with Crippen molar-refractivity contribution >= 4 is 11.8 Å². The van der Waals surface area contributed by atoms with Crippen LogP contribution in [0.4, 0.5) is 13.2 Å². The maximum absolute atomic E-state index is 11.7. The van der Waals surface area contributed by atoms with Gasteiger partial charge in [0, 0.05) is 12.8 Å². The van der Waals surface area contributed by atoms with E-state index < -0.39 is 24.3 Å². The minimum atomic E-state index is -5.02. The fraction of sp³-hybridized carbons (Fsp3) is 0.667. The molecular weight excluding hydrogens is 207 g/mol. The Hall–Kier alpha value is -1.15. The van der Waals surface area contributed by atoms with Crippen molar-refractivity contribution in [1.82, 2.24) is 5.06 Å². The molecule has 80 valence electrons. The maximum atomic E-state index is 11.7. The van der Waals surface area contributed by atoms with E-state index in [-0.39, 0.29) is 17.9 Å². The zero-order valence-corrected chi connectivity index (χ0v) is 6.74. The van der Waals surface area contributed by atoms with E-state index in [1.165, 1.54) is 0 Å². The summed E-state index contributed by atoms with van der Waals surface area (Å²) in [6.07, 6.45) is -8.59. The van der Waals surface area contributed by atoms with Crippen molar-refractivity contribution < 1.29 is 32.7 Å². The molecule has 0 bridgehead atoms. The molecular formula is C6H6F3NO4. The van der Waals surface area contributed by atoms with Crippen LogP contribution in [0.5, 0.6) is 0 Å². The number of aliphatic hydroxyl groups excluding tert-OH is 1. The van der Waals surface area contributed by atoms with Crippen LogP contribution in [0.1, 0.15) is 12.8 Å². The fourth-order valence-corrected chi connectivity index (χ4v) is 0.833. The zero-order chi connectivity index (χ0) is 10.9. The minimum absolute atomic E-state index is 0.0574. The molecule has 0 spiro atoms. The van der Waals surface area contributed by atoms with Crippen molar-refractivity contribution in [2.75, 3.05) is 0 Å². The number of hydroxylamine groups is 2. The number of rotatable bonds is 2. The molecule has 1 unspecified atom stereocenters. The minimum Gasteiger partial charge on any atom is -0.359 e. The lowest BCUT2D eigenvalue weighted by Crippen LogP contribution is -2.41. The first-order valence-electron chi connectivity index (χ1n) is 3.59.